The Hall–Kier alpha value is -3.30. The van der Waals surface area contributed by atoms with Crippen LogP contribution in [-0.4, -0.2) is 50.1 Å². The van der Waals surface area contributed by atoms with Gasteiger partial charge in [0.15, 0.2) is 11.6 Å². The zero-order valence-corrected chi connectivity index (χ0v) is 16.0. The number of aromatic nitrogens is 6. The number of anilines is 1. The molecule has 4 heterocycles. The second-order valence-electron chi connectivity index (χ2n) is 6.49. The molecule has 0 radical (unpaired) electrons. The van der Waals surface area contributed by atoms with E-state index in [4.69, 9.17) is 20.9 Å². The summed E-state index contributed by atoms with van der Waals surface area (Å²) < 4.78 is 11.1. The SMILES string of the molecule is Clc1cccc(-c2nc(C3COCCN3c3nnc(-c4ccncc4)[nH]3)no2)c1. The summed E-state index contributed by atoms with van der Waals surface area (Å²) in [5.41, 5.74) is 1.67. The Labute approximate surface area is 170 Å². The van der Waals surface area contributed by atoms with Crippen LogP contribution in [0, 0.1) is 0 Å². The Morgan fingerprint density at radius 1 is 1.10 bits per heavy atom. The molecule has 1 unspecified atom stereocenters. The number of hydrogen-bond donors (Lipinski definition) is 1. The van der Waals surface area contributed by atoms with Crippen LogP contribution in [0.15, 0.2) is 53.3 Å². The van der Waals surface area contributed by atoms with E-state index in [-0.39, 0.29) is 6.04 Å². The molecule has 1 aliphatic rings. The lowest BCUT2D eigenvalue weighted by Gasteiger charge is -2.32. The van der Waals surface area contributed by atoms with Gasteiger partial charge in [-0.15, -0.1) is 10.2 Å². The van der Waals surface area contributed by atoms with Gasteiger partial charge in [0.2, 0.25) is 5.95 Å². The first-order valence-electron chi connectivity index (χ1n) is 9.05. The summed E-state index contributed by atoms with van der Waals surface area (Å²) >= 11 is 6.06. The number of aromatic amines is 1. The first-order valence-corrected chi connectivity index (χ1v) is 9.43. The van der Waals surface area contributed by atoms with E-state index in [1.54, 1.807) is 24.5 Å². The Morgan fingerprint density at radius 2 is 2.00 bits per heavy atom. The molecule has 146 valence electrons. The number of morpholine rings is 1. The average Bonchev–Trinajstić information content (AvgIpc) is 3.45. The average molecular weight is 410 g/mol. The molecule has 0 spiro atoms. The zero-order chi connectivity index (χ0) is 19.6. The molecule has 1 aliphatic heterocycles. The summed E-state index contributed by atoms with van der Waals surface area (Å²) in [4.78, 5) is 13.9. The fraction of sp³-hybridized carbons (Fsp3) is 0.211. The number of halogens is 1. The third kappa shape index (κ3) is 3.57. The molecular formula is C19H16ClN7O2. The lowest BCUT2D eigenvalue weighted by atomic mass is 10.2. The molecule has 3 aromatic heterocycles. The Kier molecular flexibility index (Phi) is 4.66. The predicted octanol–water partition coefficient (Wildman–Crippen LogP) is 3.15. The third-order valence-corrected chi connectivity index (χ3v) is 4.88. The number of nitrogens with one attached hydrogen (secondary N) is 1. The highest BCUT2D eigenvalue weighted by Gasteiger charge is 2.31. The quantitative estimate of drug-likeness (QED) is 0.548. The molecule has 0 amide bonds. The van der Waals surface area contributed by atoms with E-state index < -0.39 is 0 Å². The summed E-state index contributed by atoms with van der Waals surface area (Å²) in [6, 6.07) is 10.8. The van der Waals surface area contributed by atoms with Crippen molar-refractivity contribution >= 4 is 17.5 Å². The molecule has 1 atom stereocenters. The van der Waals surface area contributed by atoms with Gasteiger partial charge in [-0.05, 0) is 30.3 Å². The molecule has 4 aromatic rings. The number of benzene rings is 1. The first kappa shape index (κ1) is 17.8. The Morgan fingerprint density at radius 3 is 2.86 bits per heavy atom. The Balaban J connectivity index is 1.43. The Bertz CT molecular complexity index is 1110. The van der Waals surface area contributed by atoms with Crippen molar-refractivity contribution in [3.63, 3.8) is 0 Å². The first-order chi connectivity index (χ1) is 14.3. The van der Waals surface area contributed by atoms with Gasteiger partial charge in [0, 0.05) is 35.1 Å². The van der Waals surface area contributed by atoms with Crippen LogP contribution in [0.3, 0.4) is 0 Å². The van der Waals surface area contributed by atoms with Gasteiger partial charge >= 0.3 is 0 Å². The number of ether oxygens (including phenoxy) is 1. The molecule has 0 aliphatic carbocycles. The van der Waals surface area contributed by atoms with E-state index >= 15 is 0 Å². The smallest absolute Gasteiger partial charge is 0.258 e. The molecule has 5 rings (SSSR count). The van der Waals surface area contributed by atoms with Crippen LogP contribution >= 0.6 is 11.6 Å². The third-order valence-electron chi connectivity index (χ3n) is 4.64. The summed E-state index contributed by atoms with van der Waals surface area (Å²) in [6.45, 7) is 1.61. The van der Waals surface area contributed by atoms with Crippen molar-refractivity contribution in [1.82, 2.24) is 30.3 Å². The van der Waals surface area contributed by atoms with Crippen LogP contribution < -0.4 is 4.90 Å². The molecule has 29 heavy (non-hydrogen) atoms. The molecule has 1 saturated heterocycles. The number of H-pyrrole nitrogens is 1. The van der Waals surface area contributed by atoms with Gasteiger partial charge < -0.3 is 19.1 Å². The van der Waals surface area contributed by atoms with Gasteiger partial charge in [-0.1, -0.05) is 22.8 Å². The van der Waals surface area contributed by atoms with Crippen molar-refractivity contribution < 1.29 is 9.26 Å². The van der Waals surface area contributed by atoms with Gasteiger partial charge in [-0.3, -0.25) is 4.98 Å². The van der Waals surface area contributed by atoms with Crippen LogP contribution in [-0.2, 0) is 4.74 Å². The van der Waals surface area contributed by atoms with Crippen molar-refractivity contribution in [2.75, 3.05) is 24.7 Å². The minimum atomic E-state index is -0.251. The topological polar surface area (TPSA) is 106 Å². The second kappa shape index (κ2) is 7.61. The van der Waals surface area contributed by atoms with E-state index in [0.29, 0.717) is 48.3 Å². The largest absolute Gasteiger partial charge is 0.377 e. The molecule has 0 saturated carbocycles. The monoisotopic (exact) mass is 409 g/mol. The van der Waals surface area contributed by atoms with Gasteiger partial charge in [-0.25, -0.2) is 0 Å². The van der Waals surface area contributed by atoms with Crippen LogP contribution in [0.5, 0.6) is 0 Å². The van der Waals surface area contributed by atoms with Gasteiger partial charge in [0.1, 0.15) is 6.04 Å². The summed E-state index contributed by atoms with van der Waals surface area (Å²) in [5.74, 6) is 2.21. The normalized spacial score (nSPS) is 16.9. The van der Waals surface area contributed by atoms with Crippen LogP contribution in [0.2, 0.25) is 5.02 Å². The summed E-state index contributed by atoms with van der Waals surface area (Å²) in [6.07, 6.45) is 3.43. The minimum Gasteiger partial charge on any atom is -0.377 e. The molecule has 10 heteroatoms. The van der Waals surface area contributed by atoms with Crippen molar-refractivity contribution in [3.8, 4) is 22.8 Å². The van der Waals surface area contributed by atoms with E-state index in [1.165, 1.54) is 0 Å². The lowest BCUT2D eigenvalue weighted by Crippen LogP contribution is -2.40. The molecule has 1 aromatic carbocycles. The van der Waals surface area contributed by atoms with Gasteiger partial charge in [-0.2, -0.15) is 4.98 Å². The fourth-order valence-electron chi connectivity index (χ4n) is 3.20. The highest BCUT2D eigenvalue weighted by Crippen LogP contribution is 2.29. The van der Waals surface area contributed by atoms with E-state index in [9.17, 15) is 0 Å². The van der Waals surface area contributed by atoms with Crippen molar-refractivity contribution in [2.24, 2.45) is 0 Å². The minimum absolute atomic E-state index is 0.251. The molecule has 9 nitrogen and oxygen atoms in total. The predicted molar refractivity (Wildman–Crippen MR) is 105 cm³/mol. The van der Waals surface area contributed by atoms with Gasteiger partial charge in [0.05, 0.1) is 13.2 Å². The zero-order valence-electron chi connectivity index (χ0n) is 15.2. The maximum atomic E-state index is 6.06. The maximum Gasteiger partial charge on any atom is 0.258 e. The van der Waals surface area contributed by atoms with Crippen molar-refractivity contribution in [3.05, 3.63) is 59.6 Å². The van der Waals surface area contributed by atoms with Crippen molar-refractivity contribution in [1.29, 1.82) is 0 Å². The van der Waals surface area contributed by atoms with Crippen LogP contribution in [0.1, 0.15) is 11.9 Å². The molecule has 0 bridgehead atoms. The van der Waals surface area contributed by atoms with Crippen molar-refractivity contribution in [2.45, 2.75) is 6.04 Å². The standard InChI is InChI=1S/C19H16ClN7O2/c20-14-3-1-2-13(10-14)18-22-17(26-29-18)15-11-28-9-8-27(15)19-23-16(24-25-19)12-4-6-21-7-5-12/h1-7,10,15H,8-9,11H2,(H,23,24,25). The lowest BCUT2D eigenvalue weighted by molar-refractivity contribution is 0.0901. The number of pyridine rings is 1. The maximum absolute atomic E-state index is 6.06. The molecule has 1 fully saturated rings. The molecule has 1 N–H and O–H groups in total. The van der Waals surface area contributed by atoms with Crippen LogP contribution in [0.25, 0.3) is 22.8 Å². The highest BCUT2D eigenvalue weighted by atomic mass is 35.5. The van der Waals surface area contributed by atoms with Gasteiger partial charge in [0.25, 0.3) is 5.89 Å². The van der Waals surface area contributed by atoms with E-state index in [2.05, 4.69) is 30.3 Å². The number of hydrogen-bond acceptors (Lipinski definition) is 8. The molecular weight excluding hydrogens is 394 g/mol. The summed E-state index contributed by atoms with van der Waals surface area (Å²) in [7, 11) is 0. The van der Waals surface area contributed by atoms with E-state index in [0.717, 1.165) is 11.1 Å². The summed E-state index contributed by atoms with van der Waals surface area (Å²) in [5, 5.41) is 13.3. The van der Waals surface area contributed by atoms with E-state index in [1.807, 2.05) is 29.2 Å². The highest BCUT2D eigenvalue weighted by molar-refractivity contribution is 6.30. The second-order valence-corrected chi connectivity index (χ2v) is 6.92. The number of nitrogens with zero attached hydrogens (tertiary/aromatic N) is 6. The fourth-order valence-corrected chi connectivity index (χ4v) is 3.39. The number of rotatable bonds is 4. The van der Waals surface area contributed by atoms with Crippen LogP contribution in [0.4, 0.5) is 5.95 Å².